The number of anilines is 2. The van der Waals surface area contributed by atoms with Crippen LogP contribution in [0, 0.1) is 0 Å². The van der Waals surface area contributed by atoms with E-state index >= 15 is 0 Å². The molecule has 0 fully saturated rings. The van der Waals surface area contributed by atoms with E-state index in [0.29, 0.717) is 6.54 Å². The molecule has 1 aliphatic heterocycles. The minimum Gasteiger partial charge on any atom is -0.491 e. The summed E-state index contributed by atoms with van der Waals surface area (Å²) in [6.45, 7) is 5.24. The molecule has 0 bridgehead atoms. The molecular formula is C21H26N2O2. The van der Waals surface area contributed by atoms with Crippen molar-refractivity contribution in [2.75, 3.05) is 23.3 Å². The van der Waals surface area contributed by atoms with Gasteiger partial charge in [-0.25, -0.2) is 0 Å². The Labute approximate surface area is 149 Å². The number of nitrogens with zero attached hydrogens (tertiary/aromatic N) is 1. The molecule has 2 aromatic rings. The van der Waals surface area contributed by atoms with Gasteiger partial charge in [0.1, 0.15) is 5.75 Å². The summed E-state index contributed by atoms with van der Waals surface area (Å²) in [6.07, 6.45) is 3.25. The average Bonchev–Trinajstić information content (AvgIpc) is 2.66. The van der Waals surface area contributed by atoms with Crippen molar-refractivity contribution in [3.8, 4) is 5.75 Å². The molecule has 0 saturated carbocycles. The van der Waals surface area contributed by atoms with E-state index in [0.717, 1.165) is 42.9 Å². The SMILES string of the molecule is CCC(C)Oc1ccc(NCC(=O)N2CCCc3ccccc32)cc1. The van der Waals surface area contributed by atoms with Gasteiger partial charge in [-0.05, 0) is 62.1 Å². The lowest BCUT2D eigenvalue weighted by atomic mass is 10.0. The molecule has 2 aromatic carbocycles. The topological polar surface area (TPSA) is 41.6 Å². The molecule has 0 spiro atoms. The van der Waals surface area contributed by atoms with Crippen molar-refractivity contribution in [1.29, 1.82) is 0 Å². The first-order chi connectivity index (χ1) is 12.2. The number of benzene rings is 2. The highest BCUT2D eigenvalue weighted by Crippen LogP contribution is 2.26. The second-order valence-corrected chi connectivity index (χ2v) is 6.49. The van der Waals surface area contributed by atoms with Gasteiger partial charge in [-0.3, -0.25) is 4.79 Å². The molecule has 0 saturated heterocycles. The molecular weight excluding hydrogens is 312 g/mol. The van der Waals surface area contributed by atoms with Gasteiger partial charge in [0.2, 0.25) is 5.91 Å². The second kappa shape index (κ2) is 8.06. The van der Waals surface area contributed by atoms with Crippen molar-refractivity contribution in [2.45, 2.75) is 39.2 Å². The zero-order valence-corrected chi connectivity index (χ0v) is 15.0. The fourth-order valence-corrected chi connectivity index (χ4v) is 3.03. The van der Waals surface area contributed by atoms with Crippen LogP contribution in [0.25, 0.3) is 0 Å². The van der Waals surface area contributed by atoms with Crippen LogP contribution in [0.1, 0.15) is 32.3 Å². The van der Waals surface area contributed by atoms with Crippen LogP contribution < -0.4 is 15.0 Å². The number of amides is 1. The zero-order valence-electron chi connectivity index (χ0n) is 15.0. The summed E-state index contributed by atoms with van der Waals surface area (Å²) in [6, 6.07) is 16.0. The lowest BCUT2D eigenvalue weighted by Crippen LogP contribution is -2.39. The fraction of sp³-hybridized carbons (Fsp3) is 0.381. The number of fused-ring (bicyclic) bond motifs is 1. The molecule has 132 valence electrons. The minimum atomic E-state index is 0.104. The highest BCUT2D eigenvalue weighted by Gasteiger charge is 2.21. The lowest BCUT2D eigenvalue weighted by molar-refractivity contribution is -0.117. The van der Waals surface area contributed by atoms with Crippen LogP contribution >= 0.6 is 0 Å². The molecule has 0 radical (unpaired) electrons. The average molecular weight is 338 g/mol. The van der Waals surface area contributed by atoms with Gasteiger partial charge < -0.3 is 15.0 Å². The standard InChI is InChI=1S/C21H26N2O2/c1-3-16(2)25-19-12-10-18(11-13-19)22-15-21(24)23-14-6-8-17-7-4-5-9-20(17)23/h4-5,7,9-13,16,22H,3,6,8,14-15H2,1-2H3. The van der Waals surface area contributed by atoms with E-state index in [2.05, 4.69) is 25.2 Å². The number of carbonyl (C=O) groups is 1. The summed E-state index contributed by atoms with van der Waals surface area (Å²) in [4.78, 5) is 14.5. The van der Waals surface area contributed by atoms with Crippen molar-refractivity contribution >= 4 is 17.3 Å². The van der Waals surface area contributed by atoms with Gasteiger partial charge in [-0.2, -0.15) is 0 Å². The zero-order chi connectivity index (χ0) is 17.6. The summed E-state index contributed by atoms with van der Waals surface area (Å²) in [5.41, 5.74) is 3.24. The summed E-state index contributed by atoms with van der Waals surface area (Å²) in [5.74, 6) is 0.961. The Kier molecular flexibility index (Phi) is 5.59. The lowest BCUT2D eigenvalue weighted by Gasteiger charge is -2.29. The number of aryl methyl sites for hydroxylation is 1. The maximum absolute atomic E-state index is 12.6. The van der Waals surface area contributed by atoms with E-state index in [1.807, 2.05) is 47.4 Å². The van der Waals surface area contributed by atoms with Crippen molar-refractivity contribution in [2.24, 2.45) is 0 Å². The minimum absolute atomic E-state index is 0.104. The Morgan fingerprint density at radius 2 is 1.96 bits per heavy atom. The number of rotatable bonds is 6. The van der Waals surface area contributed by atoms with E-state index in [-0.39, 0.29) is 12.0 Å². The first-order valence-electron chi connectivity index (χ1n) is 9.06. The first-order valence-corrected chi connectivity index (χ1v) is 9.06. The Morgan fingerprint density at radius 3 is 2.72 bits per heavy atom. The van der Waals surface area contributed by atoms with Gasteiger partial charge in [0.25, 0.3) is 0 Å². The summed E-state index contributed by atoms with van der Waals surface area (Å²) in [7, 11) is 0. The summed E-state index contributed by atoms with van der Waals surface area (Å²) >= 11 is 0. The van der Waals surface area contributed by atoms with E-state index in [4.69, 9.17) is 4.74 Å². The fourth-order valence-electron chi connectivity index (χ4n) is 3.03. The predicted molar refractivity (Wildman–Crippen MR) is 102 cm³/mol. The van der Waals surface area contributed by atoms with Crippen molar-refractivity contribution in [3.63, 3.8) is 0 Å². The number of hydrogen-bond acceptors (Lipinski definition) is 3. The third-order valence-electron chi connectivity index (χ3n) is 4.62. The van der Waals surface area contributed by atoms with Gasteiger partial charge in [0.15, 0.2) is 0 Å². The van der Waals surface area contributed by atoms with Crippen molar-refractivity contribution in [3.05, 3.63) is 54.1 Å². The molecule has 1 unspecified atom stereocenters. The Bertz CT molecular complexity index is 712. The van der Waals surface area contributed by atoms with Crippen LogP contribution in [0.5, 0.6) is 5.75 Å². The normalized spacial score (nSPS) is 14.6. The Morgan fingerprint density at radius 1 is 1.20 bits per heavy atom. The first kappa shape index (κ1) is 17.3. The van der Waals surface area contributed by atoms with E-state index in [1.54, 1.807) is 0 Å². The second-order valence-electron chi connectivity index (χ2n) is 6.49. The third kappa shape index (κ3) is 4.32. The quantitative estimate of drug-likeness (QED) is 0.856. The number of hydrogen-bond donors (Lipinski definition) is 1. The van der Waals surface area contributed by atoms with Gasteiger partial charge in [-0.1, -0.05) is 25.1 Å². The van der Waals surface area contributed by atoms with Crippen LogP contribution in [0.2, 0.25) is 0 Å². The van der Waals surface area contributed by atoms with E-state index in [9.17, 15) is 4.79 Å². The molecule has 4 heteroatoms. The van der Waals surface area contributed by atoms with Crippen LogP contribution in [-0.4, -0.2) is 25.1 Å². The Hall–Kier alpha value is -2.49. The van der Waals surface area contributed by atoms with Crippen molar-refractivity contribution < 1.29 is 9.53 Å². The number of nitrogens with one attached hydrogen (secondary N) is 1. The Balaban J connectivity index is 1.58. The smallest absolute Gasteiger partial charge is 0.246 e. The number of carbonyl (C=O) groups excluding carboxylic acids is 1. The molecule has 1 amide bonds. The summed E-state index contributed by atoms with van der Waals surface area (Å²) in [5, 5.41) is 3.22. The van der Waals surface area contributed by atoms with Crippen LogP contribution in [-0.2, 0) is 11.2 Å². The highest BCUT2D eigenvalue weighted by molar-refractivity contribution is 5.97. The third-order valence-corrected chi connectivity index (χ3v) is 4.62. The van der Waals surface area contributed by atoms with Gasteiger partial charge >= 0.3 is 0 Å². The van der Waals surface area contributed by atoms with Gasteiger partial charge in [0, 0.05) is 17.9 Å². The largest absolute Gasteiger partial charge is 0.491 e. The molecule has 25 heavy (non-hydrogen) atoms. The van der Waals surface area contributed by atoms with Gasteiger partial charge in [-0.15, -0.1) is 0 Å². The summed E-state index contributed by atoms with van der Waals surface area (Å²) < 4.78 is 5.78. The highest BCUT2D eigenvalue weighted by atomic mass is 16.5. The van der Waals surface area contributed by atoms with E-state index < -0.39 is 0 Å². The molecule has 4 nitrogen and oxygen atoms in total. The van der Waals surface area contributed by atoms with Crippen LogP contribution in [0.4, 0.5) is 11.4 Å². The molecule has 1 N–H and O–H groups in total. The van der Waals surface area contributed by atoms with E-state index in [1.165, 1.54) is 5.56 Å². The molecule has 1 aliphatic rings. The predicted octanol–water partition coefficient (Wildman–Crippen LogP) is 4.26. The molecule has 3 rings (SSSR count). The maximum atomic E-state index is 12.6. The van der Waals surface area contributed by atoms with Crippen molar-refractivity contribution in [1.82, 2.24) is 0 Å². The van der Waals surface area contributed by atoms with Crippen LogP contribution in [0.15, 0.2) is 48.5 Å². The number of para-hydroxylation sites is 1. The molecule has 0 aliphatic carbocycles. The maximum Gasteiger partial charge on any atom is 0.246 e. The molecule has 1 heterocycles. The van der Waals surface area contributed by atoms with Crippen LogP contribution in [0.3, 0.4) is 0 Å². The monoisotopic (exact) mass is 338 g/mol. The van der Waals surface area contributed by atoms with Gasteiger partial charge in [0.05, 0.1) is 12.6 Å². The molecule has 0 aromatic heterocycles. The molecule has 1 atom stereocenters. The number of ether oxygens (including phenoxy) is 1.